The van der Waals surface area contributed by atoms with Crippen LogP contribution in [0.4, 0.5) is 0 Å². The molecule has 2 aromatic rings. The van der Waals surface area contributed by atoms with Crippen molar-refractivity contribution in [2.24, 2.45) is 0 Å². The zero-order valence-electron chi connectivity index (χ0n) is 9.77. The number of nitrogens with zero attached hydrogens (tertiary/aromatic N) is 3. The van der Waals surface area contributed by atoms with Crippen molar-refractivity contribution < 1.29 is 4.42 Å². The van der Waals surface area contributed by atoms with Crippen LogP contribution in [-0.2, 0) is 0 Å². The minimum absolute atomic E-state index is 0.290. The van der Waals surface area contributed by atoms with Crippen molar-refractivity contribution in [3.8, 4) is 0 Å². The van der Waals surface area contributed by atoms with Crippen LogP contribution < -0.4 is 0 Å². The van der Waals surface area contributed by atoms with Gasteiger partial charge in [-0.25, -0.2) is 15.0 Å². The summed E-state index contributed by atoms with van der Waals surface area (Å²) in [7, 11) is 0. The summed E-state index contributed by atoms with van der Waals surface area (Å²) in [6.07, 6.45) is 1.63. The highest BCUT2D eigenvalue weighted by Gasteiger charge is 2.10. The Balaban J connectivity index is 2.26. The molecular weight excluding hydrogens is 302 g/mol. The first kappa shape index (κ1) is 12.6. The number of oxazole rings is 1. The lowest BCUT2D eigenvalue weighted by molar-refractivity contribution is 0.453. The van der Waals surface area contributed by atoms with E-state index in [9.17, 15) is 0 Å². The van der Waals surface area contributed by atoms with Gasteiger partial charge in [0, 0.05) is 12.0 Å². The average Bonchev–Trinajstić information content (AvgIpc) is 2.63. The molecule has 90 valence electrons. The molecule has 0 saturated heterocycles. The smallest absolute Gasteiger partial charge is 0.262 e. The number of hydrogen-bond acceptors (Lipinski definition) is 5. The molecular formula is C11H12BrN3OS. The lowest BCUT2D eigenvalue weighted by atomic mass is 10.2. The second kappa shape index (κ2) is 5.18. The molecule has 0 saturated carbocycles. The first-order valence-electron chi connectivity index (χ1n) is 5.19. The molecule has 0 amide bonds. The van der Waals surface area contributed by atoms with E-state index in [0.29, 0.717) is 5.22 Å². The average molecular weight is 314 g/mol. The first-order valence-corrected chi connectivity index (χ1v) is 6.80. The maximum atomic E-state index is 5.28. The Kier molecular flexibility index (Phi) is 3.83. The van der Waals surface area contributed by atoms with E-state index in [-0.39, 0.29) is 5.92 Å². The van der Waals surface area contributed by atoms with Gasteiger partial charge in [0.15, 0.2) is 0 Å². The maximum absolute atomic E-state index is 5.28. The van der Waals surface area contributed by atoms with Gasteiger partial charge in [0.1, 0.15) is 21.7 Å². The van der Waals surface area contributed by atoms with Crippen LogP contribution in [-0.4, -0.2) is 15.0 Å². The van der Waals surface area contributed by atoms with Crippen molar-refractivity contribution in [3.63, 3.8) is 0 Å². The van der Waals surface area contributed by atoms with E-state index in [1.165, 1.54) is 11.8 Å². The third-order valence-electron chi connectivity index (χ3n) is 1.99. The molecule has 2 heterocycles. The Hall–Kier alpha value is -0.880. The number of aromatic nitrogens is 3. The van der Waals surface area contributed by atoms with Crippen LogP contribution in [0.15, 0.2) is 31.6 Å². The Morgan fingerprint density at radius 2 is 2.06 bits per heavy atom. The molecule has 6 heteroatoms. The predicted octanol–water partition coefficient (Wildman–Crippen LogP) is 3.81. The van der Waals surface area contributed by atoms with Crippen LogP contribution in [0.2, 0.25) is 0 Å². The standard InChI is InChI=1S/C11H12BrN3OS/c1-6(2)10-14-8(12)4-9(15-10)17-11-13-7(3)5-16-11/h4-6H,1-3H3. The van der Waals surface area contributed by atoms with Crippen LogP contribution >= 0.6 is 27.7 Å². The first-order chi connectivity index (χ1) is 8.04. The zero-order valence-corrected chi connectivity index (χ0v) is 12.2. The minimum atomic E-state index is 0.290. The van der Waals surface area contributed by atoms with Gasteiger partial charge in [0.25, 0.3) is 5.22 Å². The van der Waals surface area contributed by atoms with Gasteiger partial charge in [0.05, 0.1) is 5.69 Å². The SMILES string of the molecule is Cc1coc(Sc2cc(Br)nc(C(C)C)n2)n1. The van der Waals surface area contributed by atoms with Gasteiger partial charge < -0.3 is 4.42 Å². The van der Waals surface area contributed by atoms with Crippen molar-refractivity contribution in [2.45, 2.75) is 36.9 Å². The molecule has 0 atom stereocenters. The van der Waals surface area contributed by atoms with Crippen molar-refractivity contribution in [1.29, 1.82) is 0 Å². The summed E-state index contributed by atoms with van der Waals surface area (Å²) >= 11 is 4.78. The number of hydrogen-bond donors (Lipinski definition) is 0. The summed E-state index contributed by atoms with van der Waals surface area (Å²) in [6.45, 7) is 6.01. The monoisotopic (exact) mass is 313 g/mol. The van der Waals surface area contributed by atoms with E-state index in [2.05, 4.69) is 44.7 Å². The Labute approximate surface area is 112 Å². The van der Waals surface area contributed by atoms with Gasteiger partial charge in [-0.3, -0.25) is 0 Å². The van der Waals surface area contributed by atoms with Crippen LogP contribution in [0.5, 0.6) is 0 Å². The fourth-order valence-corrected chi connectivity index (χ4v) is 2.52. The van der Waals surface area contributed by atoms with E-state index >= 15 is 0 Å². The molecule has 0 radical (unpaired) electrons. The molecule has 2 aromatic heterocycles. The van der Waals surface area contributed by atoms with E-state index < -0.39 is 0 Å². The molecule has 0 N–H and O–H groups in total. The minimum Gasteiger partial charge on any atom is -0.439 e. The molecule has 0 spiro atoms. The van der Waals surface area contributed by atoms with Crippen LogP contribution in [0.25, 0.3) is 0 Å². The highest BCUT2D eigenvalue weighted by molar-refractivity contribution is 9.10. The molecule has 17 heavy (non-hydrogen) atoms. The van der Waals surface area contributed by atoms with Crippen molar-refractivity contribution in [1.82, 2.24) is 15.0 Å². The number of rotatable bonds is 3. The molecule has 0 bridgehead atoms. The third kappa shape index (κ3) is 3.29. The maximum Gasteiger partial charge on any atom is 0.262 e. The largest absolute Gasteiger partial charge is 0.439 e. The van der Waals surface area contributed by atoms with Crippen LogP contribution in [0, 0.1) is 6.92 Å². The van der Waals surface area contributed by atoms with E-state index in [1.807, 2.05) is 13.0 Å². The van der Waals surface area contributed by atoms with Gasteiger partial charge in [-0.15, -0.1) is 0 Å². The number of aryl methyl sites for hydroxylation is 1. The highest BCUT2D eigenvalue weighted by atomic mass is 79.9. The fraction of sp³-hybridized carbons (Fsp3) is 0.364. The van der Waals surface area contributed by atoms with Crippen LogP contribution in [0.1, 0.15) is 31.3 Å². The molecule has 4 nitrogen and oxygen atoms in total. The molecule has 0 aliphatic carbocycles. The summed E-state index contributed by atoms with van der Waals surface area (Å²) in [6, 6.07) is 1.86. The van der Waals surface area contributed by atoms with Crippen molar-refractivity contribution >= 4 is 27.7 Å². The summed E-state index contributed by atoms with van der Waals surface area (Å²) in [4.78, 5) is 13.0. The lowest BCUT2D eigenvalue weighted by Gasteiger charge is -2.05. The van der Waals surface area contributed by atoms with Gasteiger partial charge >= 0.3 is 0 Å². The van der Waals surface area contributed by atoms with Gasteiger partial charge in [-0.05, 0) is 34.6 Å². The summed E-state index contributed by atoms with van der Waals surface area (Å²) in [5.41, 5.74) is 0.865. The summed E-state index contributed by atoms with van der Waals surface area (Å²) in [5, 5.41) is 1.43. The van der Waals surface area contributed by atoms with E-state index in [0.717, 1.165) is 21.1 Å². The molecule has 0 aliphatic heterocycles. The fourth-order valence-electron chi connectivity index (χ4n) is 1.19. The van der Waals surface area contributed by atoms with Gasteiger partial charge in [-0.1, -0.05) is 13.8 Å². The summed E-state index contributed by atoms with van der Waals surface area (Å²) in [5.74, 6) is 1.10. The van der Waals surface area contributed by atoms with E-state index in [4.69, 9.17) is 4.42 Å². The topological polar surface area (TPSA) is 51.8 Å². The Morgan fingerprint density at radius 1 is 1.29 bits per heavy atom. The Bertz CT molecular complexity index is 527. The molecule has 0 aromatic carbocycles. The van der Waals surface area contributed by atoms with E-state index in [1.54, 1.807) is 6.26 Å². The molecule has 0 fully saturated rings. The lowest BCUT2D eigenvalue weighted by Crippen LogP contribution is -1.98. The van der Waals surface area contributed by atoms with Crippen LogP contribution in [0.3, 0.4) is 0 Å². The predicted molar refractivity (Wildman–Crippen MR) is 69.2 cm³/mol. The Morgan fingerprint density at radius 3 is 2.65 bits per heavy atom. The molecule has 0 unspecified atom stereocenters. The second-order valence-corrected chi connectivity index (χ2v) is 5.68. The zero-order chi connectivity index (χ0) is 12.4. The second-order valence-electron chi connectivity index (χ2n) is 3.90. The summed E-state index contributed by atoms with van der Waals surface area (Å²) < 4.78 is 6.06. The molecule has 0 aliphatic rings. The van der Waals surface area contributed by atoms with Gasteiger partial charge in [-0.2, -0.15) is 0 Å². The van der Waals surface area contributed by atoms with Gasteiger partial charge in [0.2, 0.25) is 0 Å². The van der Waals surface area contributed by atoms with Crippen molar-refractivity contribution in [2.75, 3.05) is 0 Å². The highest BCUT2D eigenvalue weighted by Crippen LogP contribution is 2.27. The third-order valence-corrected chi connectivity index (χ3v) is 3.18. The van der Waals surface area contributed by atoms with Crippen molar-refractivity contribution in [3.05, 3.63) is 28.5 Å². The normalized spacial score (nSPS) is 11.1. The number of halogens is 1. The quantitative estimate of drug-likeness (QED) is 0.806. The molecule has 2 rings (SSSR count).